The van der Waals surface area contributed by atoms with Gasteiger partial charge in [0, 0.05) is 31.9 Å². The Kier molecular flexibility index (Phi) is 3.19. The first-order chi connectivity index (χ1) is 10.8. The van der Waals surface area contributed by atoms with Gasteiger partial charge in [0.1, 0.15) is 12.1 Å². The molecule has 3 aromatic heterocycles. The molecule has 9 heteroatoms. The normalized spacial score (nSPS) is 15.6. The summed E-state index contributed by atoms with van der Waals surface area (Å²) in [5, 5.41) is 20.1. The minimum absolute atomic E-state index is 0.543. The molecule has 0 N–H and O–H groups in total. The Bertz CT molecular complexity index is 744. The Balaban J connectivity index is 1.33. The van der Waals surface area contributed by atoms with Crippen LogP contribution in [0.4, 0.5) is 5.82 Å². The predicted molar refractivity (Wildman–Crippen MR) is 79.4 cm³/mol. The molecule has 0 saturated carbocycles. The van der Waals surface area contributed by atoms with Crippen LogP contribution in [0.15, 0.2) is 30.9 Å². The molecule has 0 bridgehead atoms. The molecule has 1 saturated heterocycles. The summed E-state index contributed by atoms with van der Waals surface area (Å²) < 4.78 is 3.56. The number of likely N-dealkylation sites (N-methyl/N-ethyl adjacent to an activating group) is 1. The number of hydrogen-bond acceptors (Lipinski definition) is 7. The van der Waals surface area contributed by atoms with Gasteiger partial charge in [0.2, 0.25) is 0 Å². The summed E-state index contributed by atoms with van der Waals surface area (Å²) in [4.78, 5) is 4.62. The SMILES string of the molecule is CN(CCn1ccnn1)C1CN(c2ccc3nncn3n2)C1. The lowest BCUT2D eigenvalue weighted by Crippen LogP contribution is -2.59. The molecule has 1 fully saturated rings. The molecule has 3 aromatic rings. The van der Waals surface area contributed by atoms with Crippen LogP contribution in [-0.2, 0) is 6.54 Å². The maximum atomic E-state index is 4.51. The molecule has 0 unspecified atom stereocenters. The molecule has 0 aromatic carbocycles. The van der Waals surface area contributed by atoms with Gasteiger partial charge in [-0.1, -0.05) is 5.21 Å². The average molecular weight is 299 g/mol. The van der Waals surface area contributed by atoms with Gasteiger partial charge < -0.3 is 4.90 Å². The largest absolute Gasteiger partial charge is 0.352 e. The second kappa shape index (κ2) is 5.34. The maximum absolute atomic E-state index is 4.51. The summed E-state index contributed by atoms with van der Waals surface area (Å²) in [7, 11) is 2.15. The van der Waals surface area contributed by atoms with Crippen molar-refractivity contribution in [2.24, 2.45) is 0 Å². The Morgan fingerprint density at radius 1 is 1.27 bits per heavy atom. The first-order valence-corrected chi connectivity index (χ1v) is 7.26. The second-order valence-corrected chi connectivity index (χ2v) is 5.53. The summed E-state index contributed by atoms with van der Waals surface area (Å²) in [6, 6.07) is 4.48. The van der Waals surface area contributed by atoms with Gasteiger partial charge in [0.15, 0.2) is 5.65 Å². The predicted octanol–water partition coefficient (Wildman–Crippen LogP) is -0.464. The lowest BCUT2D eigenvalue weighted by Gasteiger charge is -2.44. The number of fused-ring (bicyclic) bond motifs is 1. The van der Waals surface area contributed by atoms with Crippen molar-refractivity contribution >= 4 is 11.5 Å². The van der Waals surface area contributed by atoms with Crippen LogP contribution in [0.1, 0.15) is 0 Å². The van der Waals surface area contributed by atoms with Crippen LogP contribution < -0.4 is 4.90 Å². The highest BCUT2D eigenvalue weighted by Gasteiger charge is 2.30. The molecule has 0 atom stereocenters. The van der Waals surface area contributed by atoms with Gasteiger partial charge in [-0.05, 0) is 19.2 Å². The van der Waals surface area contributed by atoms with Crippen LogP contribution in [0.25, 0.3) is 5.65 Å². The molecule has 114 valence electrons. The van der Waals surface area contributed by atoms with Crippen LogP contribution in [0.2, 0.25) is 0 Å². The van der Waals surface area contributed by atoms with Gasteiger partial charge in [-0.2, -0.15) is 4.52 Å². The Morgan fingerprint density at radius 3 is 3.00 bits per heavy atom. The van der Waals surface area contributed by atoms with Crippen molar-refractivity contribution in [3.8, 4) is 0 Å². The van der Waals surface area contributed by atoms with E-state index < -0.39 is 0 Å². The zero-order chi connectivity index (χ0) is 14.9. The number of nitrogens with zero attached hydrogens (tertiary/aromatic N) is 9. The molecule has 4 rings (SSSR count). The Morgan fingerprint density at radius 2 is 2.18 bits per heavy atom. The van der Waals surface area contributed by atoms with E-state index in [0.717, 1.165) is 37.6 Å². The maximum Gasteiger partial charge on any atom is 0.177 e. The third-order valence-electron chi connectivity index (χ3n) is 4.11. The van der Waals surface area contributed by atoms with E-state index in [-0.39, 0.29) is 0 Å². The zero-order valence-corrected chi connectivity index (χ0v) is 12.3. The number of hydrogen-bond donors (Lipinski definition) is 0. The third-order valence-corrected chi connectivity index (χ3v) is 4.11. The van der Waals surface area contributed by atoms with Crippen LogP contribution in [-0.4, -0.2) is 72.4 Å². The van der Waals surface area contributed by atoms with Gasteiger partial charge in [-0.25, -0.2) is 0 Å². The van der Waals surface area contributed by atoms with E-state index in [1.165, 1.54) is 0 Å². The van der Waals surface area contributed by atoms with Crippen molar-refractivity contribution in [2.75, 3.05) is 31.6 Å². The fourth-order valence-corrected chi connectivity index (χ4v) is 2.60. The fourth-order valence-electron chi connectivity index (χ4n) is 2.60. The van der Waals surface area contributed by atoms with E-state index in [9.17, 15) is 0 Å². The molecule has 0 spiro atoms. The van der Waals surface area contributed by atoms with E-state index in [1.54, 1.807) is 17.0 Å². The highest BCUT2D eigenvalue weighted by Crippen LogP contribution is 2.21. The third kappa shape index (κ3) is 2.39. The van der Waals surface area contributed by atoms with E-state index in [1.807, 2.05) is 23.0 Å². The van der Waals surface area contributed by atoms with Crippen molar-refractivity contribution in [3.05, 3.63) is 30.9 Å². The summed E-state index contributed by atoms with van der Waals surface area (Å²) in [6.45, 7) is 3.78. The monoisotopic (exact) mass is 299 g/mol. The molecule has 0 radical (unpaired) electrons. The molecule has 0 aliphatic carbocycles. The van der Waals surface area contributed by atoms with E-state index in [2.05, 4.69) is 42.5 Å². The molecule has 4 heterocycles. The minimum Gasteiger partial charge on any atom is -0.352 e. The summed E-state index contributed by atoms with van der Waals surface area (Å²) in [5.74, 6) is 0.966. The van der Waals surface area contributed by atoms with Gasteiger partial charge in [0.25, 0.3) is 0 Å². The van der Waals surface area contributed by atoms with Crippen LogP contribution in [0, 0.1) is 0 Å². The standard InChI is InChI=1S/C13H17N9/c1-19(6-7-21-5-4-14-18-21)11-8-20(9-11)13-3-2-12-16-15-10-22(12)17-13/h2-5,10-11H,6-9H2,1H3. The fraction of sp³-hybridized carbons (Fsp3) is 0.462. The van der Waals surface area contributed by atoms with Crippen molar-refractivity contribution in [1.82, 2.24) is 39.7 Å². The van der Waals surface area contributed by atoms with E-state index in [4.69, 9.17) is 0 Å². The van der Waals surface area contributed by atoms with Crippen LogP contribution in [0.5, 0.6) is 0 Å². The van der Waals surface area contributed by atoms with Gasteiger partial charge in [0.05, 0.1) is 12.7 Å². The number of rotatable bonds is 5. The lowest BCUT2D eigenvalue weighted by molar-refractivity contribution is 0.194. The van der Waals surface area contributed by atoms with E-state index >= 15 is 0 Å². The van der Waals surface area contributed by atoms with Crippen molar-refractivity contribution in [2.45, 2.75) is 12.6 Å². The minimum atomic E-state index is 0.543. The molecule has 1 aliphatic heterocycles. The van der Waals surface area contributed by atoms with Crippen LogP contribution >= 0.6 is 0 Å². The molecular formula is C13H17N9. The number of aromatic nitrogens is 7. The number of anilines is 1. The molecule has 1 aliphatic rings. The van der Waals surface area contributed by atoms with Crippen LogP contribution in [0.3, 0.4) is 0 Å². The van der Waals surface area contributed by atoms with Gasteiger partial charge >= 0.3 is 0 Å². The summed E-state index contributed by atoms with van der Waals surface area (Å²) in [5.41, 5.74) is 0.769. The quantitative estimate of drug-likeness (QED) is 0.630. The van der Waals surface area contributed by atoms with Crippen molar-refractivity contribution < 1.29 is 0 Å². The Labute approximate surface area is 127 Å². The summed E-state index contributed by atoms with van der Waals surface area (Å²) >= 11 is 0. The Hall–Kier alpha value is -2.55. The van der Waals surface area contributed by atoms with Crippen molar-refractivity contribution in [3.63, 3.8) is 0 Å². The van der Waals surface area contributed by atoms with Crippen molar-refractivity contribution in [1.29, 1.82) is 0 Å². The molecular weight excluding hydrogens is 282 g/mol. The average Bonchev–Trinajstić information content (AvgIpc) is 3.14. The second-order valence-electron chi connectivity index (χ2n) is 5.53. The van der Waals surface area contributed by atoms with Gasteiger partial charge in [-0.3, -0.25) is 9.58 Å². The first-order valence-electron chi connectivity index (χ1n) is 7.26. The van der Waals surface area contributed by atoms with Gasteiger partial charge in [-0.15, -0.1) is 20.4 Å². The zero-order valence-electron chi connectivity index (χ0n) is 12.3. The summed E-state index contributed by atoms with van der Waals surface area (Å²) in [6.07, 6.45) is 5.22. The molecule has 0 amide bonds. The van der Waals surface area contributed by atoms with E-state index in [0.29, 0.717) is 6.04 Å². The highest BCUT2D eigenvalue weighted by molar-refractivity contribution is 5.47. The molecule has 22 heavy (non-hydrogen) atoms. The smallest absolute Gasteiger partial charge is 0.177 e. The lowest BCUT2D eigenvalue weighted by atomic mass is 10.1. The molecule has 9 nitrogen and oxygen atoms in total. The first kappa shape index (κ1) is 13.1. The highest BCUT2D eigenvalue weighted by atomic mass is 15.4. The topological polar surface area (TPSA) is 80.3 Å².